The summed E-state index contributed by atoms with van der Waals surface area (Å²) in [6.07, 6.45) is 3.50. The molecule has 1 aliphatic heterocycles. The second kappa shape index (κ2) is 8.88. The molecule has 0 spiro atoms. The second-order valence-corrected chi connectivity index (χ2v) is 6.96. The highest BCUT2D eigenvalue weighted by molar-refractivity contribution is 6.30. The third kappa shape index (κ3) is 5.10. The summed E-state index contributed by atoms with van der Waals surface area (Å²) in [5, 5.41) is 3.60. The average Bonchev–Trinajstić information content (AvgIpc) is 2.67. The van der Waals surface area contributed by atoms with E-state index in [2.05, 4.69) is 34.3 Å². The van der Waals surface area contributed by atoms with E-state index in [4.69, 9.17) is 11.6 Å². The van der Waals surface area contributed by atoms with Gasteiger partial charge in [-0.05, 0) is 42.4 Å². The smallest absolute Gasteiger partial charge is 0.244 e. The predicted octanol–water partition coefficient (Wildman–Crippen LogP) is 3.42. The van der Waals surface area contributed by atoms with Gasteiger partial charge in [0.15, 0.2) is 0 Å². The minimum Gasteiger partial charge on any atom is -0.368 e. The third-order valence-corrected chi connectivity index (χ3v) is 4.83. The van der Waals surface area contributed by atoms with Crippen LogP contribution in [-0.2, 0) is 11.3 Å². The number of carbonyl (C=O) groups excluding carboxylic acids is 1. The summed E-state index contributed by atoms with van der Waals surface area (Å²) in [5.74, 6) is -0.104. The normalized spacial score (nSPS) is 15.4. The van der Waals surface area contributed by atoms with Crippen molar-refractivity contribution in [2.75, 3.05) is 38.1 Å². The lowest BCUT2D eigenvalue weighted by atomic mass is 10.1. The van der Waals surface area contributed by atoms with Crippen molar-refractivity contribution < 1.29 is 4.79 Å². The van der Waals surface area contributed by atoms with Crippen LogP contribution in [0.5, 0.6) is 0 Å². The number of rotatable bonds is 5. The minimum atomic E-state index is -0.104. The molecule has 1 heterocycles. The van der Waals surface area contributed by atoms with Gasteiger partial charge in [0.2, 0.25) is 5.91 Å². The number of benzene rings is 2. The van der Waals surface area contributed by atoms with E-state index in [1.807, 2.05) is 42.5 Å². The molecule has 5 heteroatoms. The van der Waals surface area contributed by atoms with Gasteiger partial charge in [-0.2, -0.15) is 0 Å². The molecule has 4 nitrogen and oxygen atoms in total. The van der Waals surface area contributed by atoms with E-state index in [1.54, 1.807) is 6.08 Å². The van der Waals surface area contributed by atoms with Gasteiger partial charge >= 0.3 is 0 Å². The van der Waals surface area contributed by atoms with E-state index in [-0.39, 0.29) is 5.91 Å². The van der Waals surface area contributed by atoms with Gasteiger partial charge in [-0.15, -0.1) is 0 Å². The van der Waals surface area contributed by atoms with E-state index in [0.717, 1.165) is 37.3 Å². The maximum atomic E-state index is 12.1. The number of anilines is 1. The molecule has 1 amide bonds. The van der Waals surface area contributed by atoms with Gasteiger partial charge in [0.05, 0.1) is 0 Å². The fourth-order valence-electron chi connectivity index (χ4n) is 2.98. The number of likely N-dealkylation sites (N-methyl/N-ethyl adjacent to an activating group) is 1. The molecule has 26 heavy (non-hydrogen) atoms. The van der Waals surface area contributed by atoms with Crippen molar-refractivity contribution in [3.8, 4) is 0 Å². The molecule has 1 saturated heterocycles. The van der Waals surface area contributed by atoms with Crippen LogP contribution < -0.4 is 10.2 Å². The van der Waals surface area contributed by atoms with Crippen LogP contribution >= 0.6 is 11.6 Å². The number of hydrogen-bond donors (Lipinski definition) is 1. The largest absolute Gasteiger partial charge is 0.368 e. The van der Waals surface area contributed by atoms with E-state index < -0.39 is 0 Å². The number of amides is 1. The maximum absolute atomic E-state index is 12.1. The lowest BCUT2D eigenvalue weighted by Crippen LogP contribution is -2.44. The van der Waals surface area contributed by atoms with Gasteiger partial charge < -0.3 is 15.1 Å². The van der Waals surface area contributed by atoms with E-state index in [0.29, 0.717) is 11.6 Å². The number of carbonyl (C=O) groups is 1. The SMILES string of the molecule is CN1CCN(c2ccccc2/C=C\C(=O)NCc2ccc(Cl)cc2)CC1. The summed E-state index contributed by atoms with van der Waals surface area (Å²) in [7, 11) is 2.15. The first-order valence-electron chi connectivity index (χ1n) is 8.85. The first-order valence-corrected chi connectivity index (χ1v) is 9.22. The Balaban J connectivity index is 1.61. The molecule has 3 rings (SSSR count). The Labute approximate surface area is 160 Å². The molecule has 0 unspecified atom stereocenters. The number of para-hydroxylation sites is 1. The van der Waals surface area contributed by atoms with Gasteiger partial charge in [0, 0.05) is 49.5 Å². The van der Waals surface area contributed by atoms with Crippen LogP contribution in [0.4, 0.5) is 5.69 Å². The van der Waals surface area contributed by atoms with Gasteiger partial charge in [-0.3, -0.25) is 4.79 Å². The fraction of sp³-hybridized carbons (Fsp3) is 0.286. The Hall–Kier alpha value is -2.30. The highest BCUT2D eigenvalue weighted by Crippen LogP contribution is 2.22. The Kier molecular flexibility index (Phi) is 6.31. The molecule has 0 bridgehead atoms. The highest BCUT2D eigenvalue weighted by Gasteiger charge is 2.15. The highest BCUT2D eigenvalue weighted by atomic mass is 35.5. The third-order valence-electron chi connectivity index (χ3n) is 4.57. The number of piperazine rings is 1. The van der Waals surface area contributed by atoms with Crippen molar-refractivity contribution >= 4 is 29.3 Å². The van der Waals surface area contributed by atoms with Crippen molar-refractivity contribution in [1.82, 2.24) is 10.2 Å². The number of nitrogens with one attached hydrogen (secondary N) is 1. The van der Waals surface area contributed by atoms with Crippen LogP contribution in [-0.4, -0.2) is 44.0 Å². The number of nitrogens with zero attached hydrogens (tertiary/aromatic N) is 2. The second-order valence-electron chi connectivity index (χ2n) is 6.53. The Morgan fingerprint density at radius 1 is 1.08 bits per heavy atom. The first kappa shape index (κ1) is 18.5. The van der Waals surface area contributed by atoms with Gasteiger partial charge in [0.25, 0.3) is 0 Å². The predicted molar refractivity (Wildman–Crippen MR) is 108 cm³/mol. The van der Waals surface area contributed by atoms with Crippen LogP contribution in [0.1, 0.15) is 11.1 Å². The van der Waals surface area contributed by atoms with Crippen molar-refractivity contribution in [3.05, 3.63) is 70.8 Å². The van der Waals surface area contributed by atoms with E-state index in [1.165, 1.54) is 5.69 Å². The van der Waals surface area contributed by atoms with Gasteiger partial charge in [-0.25, -0.2) is 0 Å². The van der Waals surface area contributed by atoms with Crippen LogP contribution in [0, 0.1) is 0 Å². The first-order chi connectivity index (χ1) is 12.6. The Bertz CT molecular complexity index is 765. The zero-order valence-corrected chi connectivity index (χ0v) is 15.7. The summed E-state index contributed by atoms with van der Waals surface area (Å²) >= 11 is 5.87. The summed E-state index contributed by atoms with van der Waals surface area (Å²) in [4.78, 5) is 16.9. The minimum absolute atomic E-state index is 0.104. The summed E-state index contributed by atoms with van der Waals surface area (Å²) in [6, 6.07) is 15.7. The Morgan fingerprint density at radius 3 is 2.50 bits per heavy atom. The average molecular weight is 370 g/mol. The van der Waals surface area contributed by atoms with E-state index in [9.17, 15) is 4.79 Å². The van der Waals surface area contributed by atoms with Crippen LogP contribution in [0.15, 0.2) is 54.6 Å². The molecular formula is C21H24ClN3O. The standard InChI is InChI=1S/C21H24ClN3O/c1-24-12-14-25(15-13-24)20-5-3-2-4-18(20)8-11-21(26)23-16-17-6-9-19(22)10-7-17/h2-11H,12-16H2,1H3,(H,23,26)/b11-8-. The van der Waals surface area contributed by atoms with Gasteiger partial charge in [0.1, 0.15) is 0 Å². The van der Waals surface area contributed by atoms with Crippen molar-refractivity contribution in [3.63, 3.8) is 0 Å². The quantitative estimate of drug-likeness (QED) is 0.820. The summed E-state index contributed by atoms with van der Waals surface area (Å²) in [6.45, 7) is 4.61. The lowest BCUT2D eigenvalue weighted by molar-refractivity contribution is -0.116. The molecule has 0 radical (unpaired) electrons. The van der Waals surface area contributed by atoms with Crippen molar-refractivity contribution in [2.45, 2.75) is 6.54 Å². The zero-order chi connectivity index (χ0) is 18.4. The molecule has 0 aliphatic carbocycles. The number of hydrogen-bond acceptors (Lipinski definition) is 3. The maximum Gasteiger partial charge on any atom is 0.244 e. The van der Waals surface area contributed by atoms with Gasteiger partial charge in [-0.1, -0.05) is 41.9 Å². The van der Waals surface area contributed by atoms with Crippen molar-refractivity contribution in [2.24, 2.45) is 0 Å². The Morgan fingerprint density at radius 2 is 1.77 bits per heavy atom. The van der Waals surface area contributed by atoms with Crippen LogP contribution in [0.25, 0.3) is 6.08 Å². The molecule has 2 aromatic rings. The van der Waals surface area contributed by atoms with E-state index >= 15 is 0 Å². The van der Waals surface area contributed by atoms with Crippen LogP contribution in [0.3, 0.4) is 0 Å². The molecule has 0 aromatic heterocycles. The molecule has 136 valence electrons. The molecule has 0 atom stereocenters. The molecule has 1 aliphatic rings. The molecule has 2 aromatic carbocycles. The zero-order valence-electron chi connectivity index (χ0n) is 15.0. The lowest BCUT2D eigenvalue weighted by Gasteiger charge is -2.34. The molecular weight excluding hydrogens is 346 g/mol. The molecule has 0 saturated carbocycles. The monoisotopic (exact) mass is 369 g/mol. The molecule has 1 N–H and O–H groups in total. The number of halogens is 1. The fourth-order valence-corrected chi connectivity index (χ4v) is 3.11. The molecule has 1 fully saturated rings. The topological polar surface area (TPSA) is 35.6 Å². The summed E-state index contributed by atoms with van der Waals surface area (Å²) in [5.41, 5.74) is 3.27. The van der Waals surface area contributed by atoms with Crippen LogP contribution in [0.2, 0.25) is 5.02 Å². The van der Waals surface area contributed by atoms with Crippen molar-refractivity contribution in [1.29, 1.82) is 0 Å². The summed E-state index contributed by atoms with van der Waals surface area (Å²) < 4.78 is 0.